The average Bonchev–Trinajstić information content (AvgIpc) is 2.66. The van der Waals surface area contributed by atoms with E-state index in [0.717, 1.165) is 38.3 Å². The average molecular weight is 383 g/mol. The van der Waals surface area contributed by atoms with E-state index in [4.69, 9.17) is 4.74 Å². The maximum Gasteiger partial charge on any atom is 0.421 e. The zero-order chi connectivity index (χ0) is 19.6. The number of carbonyl (C=O) groups is 1. The lowest BCUT2D eigenvalue weighted by Crippen LogP contribution is -2.46. The molecule has 0 spiro atoms. The standard InChI is InChI=1S/C23H46N2O2/c1-3-4-5-6-7-8-9-10-11-12-13-14-15-16-21-27-23(26)24-25-19-17-22(2)18-20-25/h22H,3-21H2,1-2H3,(H,24,26). The highest BCUT2D eigenvalue weighted by molar-refractivity contribution is 5.66. The van der Waals surface area contributed by atoms with Crippen LogP contribution in [0, 0.1) is 5.92 Å². The van der Waals surface area contributed by atoms with Crippen molar-refractivity contribution in [2.75, 3.05) is 19.7 Å². The molecular formula is C23H46N2O2. The number of piperidine rings is 1. The molecule has 0 radical (unpaired) electrons. The third-order valence-corrected chi connectivity index (χ3v) is 5.76. The summed E-state index contributed by atoms with van der Waals surface area (Å²) in [6, 6.07) is 0. The molecule has 1 saturated heterocycles. The van der Waals surface area contributed by atoms with E-state index in [0.29, 0.717) is 6.61 Å². The van der Waals surface area contributed by atoms with Crippen LogP contribution < -0.4 is 5.43 Å². The number of rotatable bonds is 16. The van der Waals surface area contributed by atoms with E-state index in [1.54, 1.807) is 0 Å². The van der Waals surface area contributed by atoms with Gasteiger partial charge in [0.05, 0.1) is 6.61 Å². The molecule has 4 nitrogen and oxygen atoms in total. The molecule has 0 bridgehead atoms. The predicted octanol–water partition coefficient (Wildman–Crippen LogP) is 6.84. The highest BCUT2D eigenvalue weighted by Crippen LogP contribution is 2.14. The molecule has 1 heterocycles. The van der Waals surface area contributed by atoms with Crippen molar-refractivity contribution in [2.45, 2.75) is 117 Å². The van der Waals surface area contributed by atoms with Gasteiger partial charge in [-0.3, -0.25) is 5.43 Å². The fourth-order valence-electron chi connectivity index (χ4n) is 3.74. The van der Waals surface area contributed by atoms with E-state index in [-0.39, 0.29) is 6.09 Å². The summed E-state index contributed by atoms with van der Waals surface area (Å²) in [6.45, 7) is 6.98. The monoisotopic (exact) mass is 382 g/mol. The van der Waals surface area contributed by atoms with Crippen LogP contribution in [0.25, 0.3) is 0 Å². The van der Waals surface area contributed by atoms with Gasteiger partial charge in [0, 0.05) is 13.1 Å². The van der Waals surface area contributed by atoms with Crippen LogP contribution in [0.2, 0.25) is 0 Å². The molecular weight excluding hydrogens is 336 g/mol. The molecule has 0 aromatic rings. The van der Waals surface area contributed by atoms with Gasteiger partial charge in [-0.15, -0.1) is 0 Å². The molecule has 1 rings (SSSR count). The number of nitrogens with one attached hydrogen (secondary N) is 1. The lowest BCUT2D eigenvalue weighted by Gasteiger charge is -2.29. The zero-order valence-corrected chi connectivity index (χ0v) is 18.3. The Balaban J connectivity index is 1.75. The molecule has 0 aromatic carbocycles. The largest absolute Gasteiger partial charge is 0.449 e. The van der Waals surface area contributed by atoms with Crippen LogP contribution in [0.3, 0.4) is 0 Å². The highest BCUT2D eigenvalue weighted by Gasteiger charge is 2.17. The molecule has 160 valence electrons. The molecule has 1 fully saturated rings. The van der Waals surface area contributed by atoms with Crippen LogP contribution in [0.1, 0.15) is 117 Å². The first-order chi connectivity index (χ1) is 13.2. The summed E-state index contributed by atoms with van der Waals surface area (Å²) in [4.78, 5) is 11.8. The molecule has 0 unspecified atom stereocenters. The molecule has 1 aliphatic rings. The van der Waals surface area contributed by atoms with Gasteiger partial charge >= 0.3 is 6.09 Å². The summed E-state index contributed by atoms with van der Waals surface area (Å²) >= 11 is 0. The van der Waals surface area contributed by atoms with E-state index in [1.807, 2.05) is 5.01 Å². The highest BCUT2D eigenvalue weighted by atomic mass is 16.6. The maximum absolute atomic E-state index is 11.8. The Hall–Kier alpha value is -0.770. The number of hydrogen-bond acceptors (Lipinski definition) is 3. The second kappa shape index (κ2) is 17.3. The molecule has 27 heavy (non-hydrogen) atoms. The molecule has 0 aromatic heterocycles. The number of nitrogens with zero attached hydrogens (tertiary/aromatic N) is 1. The van der Waals surface area contributed by atoms with Crippen LogP contribution in [0.5, 0.6) is 0 Å². The minimum absolute atomic E-state index is 0.278. The maximum atomic E-state index is 11.8. The smallest absolute Gasteiger partial charge is 0.421 e. The second-order valence-electron chi connectivity index (χ2n) is 8.51. The van der Waals surface area contributed by atoms with E-state index in [9.17, 15) is 4.79 Å². The van der Waals surface area contributed by atoms with Crippen LogP contribution >= 0.6 is 0 Å². The molecule has 1 amide bonds. The van der Waals surface area contributed by atoms with Crippen molar-refractivity contribution in [2.24, 2.45) is 5.92 Å². The fraction of sp³-hybridized carbons (Fsp3) is 0.957. The summed E-state index contributed by atoms with van der Waals surface area (Å²) in [5.41, 5.74) is 2.86. The fourth-order valence-corrected chi connectivity index (χ4v) is 3.74. The SMILES string of the molecule is CCCCCCCCCCCCCCCCOC(=O)NN1CCC(C)CC1. The first kappa shape index (κ1) is 24.3. The Bertz CT molecular complexity index is 341. The van der Waals surface area contributed by atoms with Crippen LogP contribution in [-0.2, 0) is 4.74 Å². The number of amides is 1. The lowest BCUT2D eigenvalue weighted by molar-refractivity contribution is 0.0857. The van der Waals surface area contributed by atoms with Gasteiger partial charge in [-0.25, -0.2) is 9.80 Å². The number of hydrogen-bond donors (Lipinski definition) is 1. The lowest BCUT2D eigenvalue weighted by atomic mass is 10.0. The van der Waals surface area contributed by atoms with Crippen molar-refractivity contribution in [3.05, 3.63) is 0 Å². The second-order valence-corrected chi connectivity index (χ2v) is 8.51. The molecule has 1 aliphatic heterocycles. The van der Waals surface area contributed by atoms with Gasteiger partial charge in [0.15, 0.2) is 0 Å². The summed E-state index contributed by atoms with van der Waals surface area (Å²) in [7, 11) is 0. The van der Waals surface area contributed by atoms with Gasteiger partial charge in [0.25, 0.3) is 0 Å². The predicted molar refractivity (Wildman–Crippen MR) is 115 cm³/mol. The number of hydrazine groups is 1. The van der Waals surface area contributed by atoms with Crippen molar-refractivity contribution in [3.63, 3.8) is 0 Å². The molecule has 0 saturated carbocycles. The third-order valence-electron chi connectivity index (χ3n) is 5.76. The third kappa shape index (κ3) is 14.9. The van der Waals surface area contributed by atoms with Crippen LogP contribution in [-0.4, -0.2) is 30.8 Å². The summed E-state index contributed by atoms with van der Waals surface area (Å²) < 4.78 is 5.29. The Morgan fingerprint density at radius 3 is 1.74 bits per heavy atom. The van der Waals surface area contributed by atoms with Gasteiger partial charge in [-0.2, -0.15) is 0 Å². The van der Waals surface area contributed by atoms with E-state index in [1.165, 1.54) is 83.5 Å². The first-order valence-corrected chi connectivity index (χ1v) is 11.9. The van der Waals surface area contributed by atoms with Gasteiger partial charge in [-0.1, -0.05) is 97.3 Å². The van der Waals surface area contributed by atoms with Crippen molar-refractivity contribution in [1.82, 2.24) is 10.4 Å². The Kier molecular flexibility index (Phi) is 15.6. The summed E-state index contributed by atoms with van der Waals surface area (Å²) in [6.07, 6.45) is 20.9. The van der Waals surface area contributed by atoms with E-state index < -0.39 is 0 Å². The van der Waals surface area contributed by atoms with Crippen LogP contribution in [0.15, 0.2) is 0 Å². The van der Waals surface area contributed by atoms with E-state index >= 15 is 0 Å². The normalized spacial score (nSPS) is 15.8. The number of ether oxygens (including phenoxy) is 1. The van der Waals surface area contributed by atoms with Gasteiger partial charge in [-0.05, 0) is 25.2 Å². The van der Waals surface area contributed by atoms with Crippen molar-refractivity contribution < 1.29 is 9.53 Å². The molecule has 0 aliphatic carbocycles. The summed E-state index contributed by atoms with van der Waals surface area (Å²) in [5.74, 6) is 0.773. The van der Waals surface area contributed by atoms with Crippen molar-refractivity contribution in [1.29, 1.82) is 0 Å². The minimum atomic E-state index is -0.278. The minimum Gasteiger partial charge on any atom is -0.449 e. The molecule has 0 atom stereocenters. The van der Waals surface area contributed by atoms with Crippen molar-refractivity contribution >= 4 is 6.09 Å². The Morgan fingerprint density at radius 2 is 1.26 bits per heavy atom. The van der Waals surface area contributed by atoms with Crippen LogP contribution in [0.4, 0.5) is 4.79 Å². The topological polar surface area (TPSA) is 41.6 Å². The molecule has 1 N–H and O–H groups in total. The summed E-state index contributed by atoms with van der Waals surface area (Å²) in [5, 5.41) is 1.99. The number of carbonyl (C=O) groups excluding carboxylic acids is 1. The molecule has 4 heteroatoms. The Morgan fingerprint density at radius 1 is 0.815 bits per heavy atom. The Labute approximate surface area is 168 Å². The quantitative estimate of drug-likeness (QED) is 0.297. The van der Waals surface area contributed by atoms with Crippen molar-refractivity contribution in [3.8, 4) is 0 Å². The number of unbranched alkanes of at least 4 members (excludes halogenated alkanes) is 13. The zero-order valence-electron chi connectivity index (χ0n) is 18.3. The first-order valence-electron chi connectivity index (χ1n) is 11.9. The van der Waals surface area contributed by atoms with E-state index in [2.05, 4.69) is 19.3 Å². The van der Waals surface area contributed by atoms with Gasteiger partial charge < -0.3 is 4.74 Å². The van der Waals surface area contributed by atoms with Gasteiger partial charge in [0.1, 0.15) is 0 Å². The van der Waals surface area contributed by atoms with Gasteiger partial charge in [0.2, 0.25) is 0 Å².